The van der Waals surface area contributed by atoms with Crippen LogP contribution in [0.2, 0.25) is 0 Å². The van der Waals surface area contributed by atoms with Crippen LogP contribution >= 0.6 is 66.7 Å². The highest BCUT2D eigenvalue weighted by molar-refractivity contribution is 9.28. The maximum Gasteiger partial charge on any atom is 0.0992 e. The summed E-state index contributed by atoms with van der Waals surface area (Å²) in [5.41, 5.74) is 1.22. The van der Waals surface area contributed by atoms with E-state index in [0.717, 1.165) is 3.39 Å². The third kappa shape index (κ3) is 821. The van der Waals surface area contributed by atoms with Crippen molar-refractivity contribution in [3.05, 3.63) is 33.2 Å². The molecule has 0 aromatic heterocycles. The first-order chi connectivity index (χ1) is 4.88. The van der Waals surface area contributed by atoms with Gasteiger partial charge in [0.2, 0.25) is 0 Å². The molecular weight excluding hydrogens is 338 g/mol. The first-order valence-corrected chi connectivity index (χ1v) is 4.87. The second-order valence-corrected chi connectivity index (χ2v) is 5.22. The molecule has 0 atom stereocenters. The van der Waals surface area contributed by atoms with E-state index in [1.165, 1.54) is 5.54 Å². The second kappa shape index (κ2) is 17.2. The van der Waals surface area contributed by atoms with Gasteiger partial charge in [-0.15, -0.1) is 0 Å². The minimum atomic E-state index is 0.111. The number of rotatable bonds is 0. The van der Waals surface area contributed by atoms with Crippen LogP contribution in [-0.4, -0.2) is 0 Å². The maximum absolute atomic E-state index is 4.85. The van der Waals surface area contributed by atoms with Crippen LogP contribution in [0.1, 0.15) is 0 Å². The van der Waals surface area contributed by atoms with Crippen molar-refractivity contribution in [3.8, 4) is 0 Å². The van der Waals surface area contributed by atoms with Crippen molar-refractivity contribution in [1.82, 2.24) is 0 Å². The summed E-state index contributed by atoms with van der Waals surface area (Å²) in [6.07, 6.45) is 0. The van der Waals surface area contributed by atoms with Crippen LogP contribution in [0.15, 0.2) is 33.2 Å². The summed E-state index contributed by atoms with van der Waals surface area (Å²) < 4.78 is 0.903. The average Bonchev–Trinajstić information content (AvgIpc) is 1.60. The Morgan fingerprint density at radius 1 is 1.18 bits per heavy atom. The van der Waals surface area contributed by atoms with E-state index in [0.29, 0.717) is 0 Å². The Morgan fingerprint density at radius 3 is 1.18 bits per heavy atom. The van der Waals surface area contributed by atoms with Gasteiger partial charge in [0.05, 0.1) is 7.88 Å². The van der Waals surface area contributed by atoms with Gasteiger partial charge in [-0.2, -0.15) is 0 Å². The van der Waals surface area contributed by atoms with E-state index in [2.05, 4.69) is 51.6 Å². The summed E-state index contributed by atoms with van der Waals surface area (Å²) in [5.74, 6) is 0. The lowest BCUT2D eigenvalue weighted by molar-refractivity contribution is 2.45. The topological polar surface area (TPSA) is 0 Å². The fraction of sp³-hybridized carbons (Fsp3) is 0. The van der Waals surface area contributed by atoms with E-state index < -0.39 is 0 Å². The molecule has 0 amide bonds. The summed E-state index contributed by atoms with van der Waals surface area (Å²) in [6, 6.07) is 0. The largest absolute Gasteiger partial charge is 0.0992 e. The van der Waals surface area contributed by atoms with Crippen LogP contribution in [-0.2, 0) is 0 Å². The van der Waals surface area contributed by atoms with Gasteiger partial charge >= 0.3 is 0 Å². The summed E-state index contributed by atoms with van der Waals surface area (Å²) in [5, 5.41) is 0. The molecule has 0 nitrogen and oxygen atoms in total. The number of halogens is 5. The van der Waals surface area contributed by atoms with Gasteiger partial charge in [-0.05, 0) is 37.4 Å². The van der Waals surface area contributed by atoms with E-state index in [9.17, 15) is 0 Å². The molecule has 0 radical (unpaired) electrons. The lowest BCUT2D eigenvalue weighted by Crippen LogP contribution is -1.24. The van der Waals surface area contributed by atoms with E-state index in [1.54, 1.807) is 0 Å². The van der Waals surface area contributed by atoms with E-state index >= 15 is 0 Å². The van der Waals surface area contributed by atoms with Gasteiger partial charge in [-0.1, -0.05) is 54.5 Å². The van der Waals surface area contributed by atoms with Crippen molar-refractivity contribution >= 4 is 66.7 Å². The van der Waals surface area contributed by atoms with Crippen molar-refractivity contribution in [2.75, 3.05) is 0 Å². The molecule has 0 spiro atoms. The van der Waals surface area contributed by atoms with Crippen LogP contribution in [0.4, 0.5) is 0 Å². The van der Waals surface area contributed by atoms with E-state index in [1.807, 2.05) is 0 Å². The molecule has 66 valence electrons. The van der Waals surface area contributed by atoms with Crippen LogP contribution < -0.4 is 0 Å². The van der Waals surface area contributed by atoms with Crippen molar-refractivity contribution in [2.45, 2.75) is 0 Å². The molecule has 0 aliphatic heterocycles. The SMILES string of the molecule is C=C(Br)Br.C=C(Cl)Cl.C=CCl. The summed E-state index contributed by atoms with van der Waals surface area (Å²) >= 11 is 20.4. The highest BCUT2D eigenvalue weighted by atomic mass is 79.9. The molecular formula is C6H7Br2Cl3. The van der Waals surface area contributed by atoms with Gasteiger partial charge in [0.1, 0.15) is 0 Å². The minimum Gasteiger partial charge on any atom is -0.0936 e. The van der Waals surface area contributed by atoms with Gasteiger partial charge in [0, 0.05) is 0 Å². The monoisotopic (exact) mass is 342 g/mol. The normalized spacial score (nSPS) is 5.91. The zero-order valence-electron chi connectivity index (χ0n) is 5.59. The van der Waals surface area contributed by atoms with Crippen LogP contribution in [0.25, 0.3) is 0 Å². The molecule has 0 bridgehead atoms. The molecule has 0 N–H and O–H groups in total. The van der Waals surface area contributed by atoms with Crippen LogP contribution in [0.5, 0.6) is 0 Å². The quantitative estimate of drug-likeness (QED) is 0.540. The molecule has 0 saturated heterocycles. The van der Waals surface area contributed by atoms with E-state index in [-0.39, 0.29) is 4.49 Å². The highest BCUT2D eigenvalue weighted by Crippen LogP contribution is 2.06. The third-order valence-electron chi connectivity index (χ3n) is 0. The van der Waals surface area contributed by atoms with Gasteiger partial charge in [-0.25, -0.2) is 0 Å². The first-order valence-electron chi connectivity index (χ1n) is 2.09. The van der Waals surface area contributed by atoms with Crippen molar-refractivity contribution in [3.63, 3.8) is 0 Å². The Balaban J connectivity index is -0.0000000886. The van der Waals surface area contributed by atoms with Gasteiger partial charge in [0.25, 0.3) is 0 Å². The van der Waals surface area contributed by atoms with Gasteiger partial charge < -0.3 is 0 Å². The molecule has 0 rings (SSSR count). The first kappa shape index (κ1) is 18.0. The molecule has 0 aromatic carbocycles. The van der Waals surface area contributed by atoms with Gasteiger partial charge in [-0.3, -0.25) is 0 Å². The maximum atomic E-state index is 4.85. The molecule has 0 aromatic rings. The number of hydrogen-bond acceptors (Lipinski definition) is 0. The lowest BCUT2D eigenvalue weighted by atomic mass is 11.3. The van der Waals surface area contributed by atoms with Gasteiger partial charge in [0.15, 0.2) is 0 Å². The molecule has 0 aliphatic rings. The number of hydrogen-bond donors (Lipinski definition) is 0. The van der Waals surface area contributed by atoms with Crippen molar-refractivity contribution < 1.29 is 0 Å². The summed E-state index contributed by atoms with van der Waals surface area (Å²) in [6.45, 7) is 9.60. The Hall–Kier alpha value is 1.05. The Labute approximate surface area is 99.2 Å². The summed E-state index contributed by atoms with van der Waals surface area (Å²) in [7, 11) is 0. The Bertz CT molecular complexity index is 103. The molecule has 0 fully saturated rings. The molecule has 5 heteroatoms. The average molecular weight is 345 g/mol. The smallest absolute Gasteiger partial charge is 0.0936 e. The fourth-order valence-corrected chi connectivity index (χ4v) is 0. The Morgan fingerprint density at radius 2 is 1.18 bits per heavy atom. The standard InChI is InChI=1S/C2H2Br2.C2H2Cl2.C2H3Cl/c2*1-2(3)4;1-2-3/h2*1H2;2H,1H2. The van der Waals surface area contributed by atoms with Crippen molar-refractivity contribution in [2.24, 2.45) is 0 Å². The molecule has 0 unspecified atom stereocenters. The predicted octanol–water partition coefficient (Wildman–Crippen LogP) is 5.55. The third-order valence-corrected chi connectivity index (χ3v) is 0. The zero-order valence-corrected chi connectivity index (χ0v) is 11.0. The Kier molecular flexibility index (Phi) is 28.1. The lowest BCUT2D eigenvalue weighted by Gasteiger charge is -1.58. The highest BCUT2D eigenvalue weighted by Gasteiger charge is 1.60. The fourth-order valence-electron chi connectivity index (χ4n) is 0. The molecule has 0 heterocycles. The molecule has 11 heavy (non-hydrogen) atoms. The summed E-state index contributed by atoms with van der Waals surface area (Å²) in [4.78, 5) is 0. The second-order valence-electron chi connectivity index (χ2n) is 0.832. The molecule has 0 saturated carbocycles. The predicted molar refractivity (Wildman–Crippen MR) is 63.9 cm³/mol. The zero-order chi connectivity index (χ0) is 9.86. The van der Waals surface area contributed by atoms with E-state index in [4.69, 9.17) is 34.8 Å². The minimum absolute atomic E-state index is 0.111. The molecule has 0 aliphatic carbocycles. The van der Waals surface area contributed by atoms with Crippen molar-refractivity contribution in [1.29, 1.82) is 0 Å². The van der Waals surface area contributed by atoms with Crippen LogP contribution in [0, 0.1) is 0 Å². The van der Waals surface area contributed by atoms with Crippen LogP contribution in [0.3, 0.4) is 0 Å².